The molecule has 2 heterocycles. The van der Waals surface area contributed by atoms with E-state index in [1.54, 1.807) is 24.3 Å². The van der Waals surface area contributed by atoms with Crippen molar-refractivity contribution in [2.24, 2.45) is 0 Å². The van der Waals surface area contributed by atoms with Crippen LogP contribution in [0.2, 0.25) is 5.02 Å². The summed E-state index contributed by atoms with van der Waals surface area (Å²) in [5.74, 6) is -0.381. The van der Waals surface area contributed by atoms with Gasteiger partial charge in [0.15, 0.2) is 12.4 Å². The minimum atomic E-state index is -0.621. The SMILES string of the molecule is O=C(COc1c(-c2ccco2)oc2ccc(Cl)cc2c1=O)OCc1ccccc1. The maximum atomic E-state index is 13.0. The third kappa shape index (κ3) is 4.17. The highest BCUT2D eigenvalue weighted by Crippen LogP contribution is 2.32. The average Bonchev–Trinajstić information content (AvgIpc) is 3.27. The van der Waals surface area contributed by atoms with Gasteiger partial charge in [-0.25, -0.2) is 4.79 Å². The van der Waals surface area contributed by atoms with Gasteiger partial charge in [-0.1, -0.05) is 41.9 Å². The first-order valence-corrected chi connectivity index (χ1v) is 9.12. The number of halogens is 1. The van der Waals surface area contributed by atoms with Crippen LogP contribution in [0, 0.1) is 0 Å². The van der Waals surface area contributed by atoms with E-state index in [2.05, 4.69) is 0 Å². The van der Waals surface area contributed by atoms with Crippen molar-refractivity contribution in [3.05, 3.63) is 87.7 Å². The first-order valence-electron chi connectivity index (χ1n) is 8.74. The van der Waals surface area contributed by atoms with Crippen LogP contribution in [-0.4, -0.2) is 12.6 Å². The van der Waals surface area contributed by atoms with Crippen LogP contribution in [-0.2, 0) is 16.1 Å². The summed E-state index contributed by atoms with van der Waals surface area (Å²) in [7, 11) is 0. The van der Waals surface area contributed by atoms with Crippen molar-refractivity contribution in [1.82, 2.24) is 0 Å². The van der Waals surface area contributed by atoms with Crippen molar-refractivity contribution in [1.29, 1.82) is 0 Å². The van der Waals surface area contributed by atoms with Crippen molar-refractivity contribution in [3.63, 3.8) is 0 Å². The molecule has 2 aromatic heterocycles. The molecule has 4 rings (SSSR count). The van der Waals surface area contributed by atoms with Crippen LogP contribution >= 0.6 is 11.6 Å². The first-order chi connectivity index (χ1) is 14.1. The Kier molecular flexibility index (Phi) is 5.35. The zero-order valence-corrected chi connectivity index (χ0v) is 15.8. The van der Waals surface area contributed by atoms with Crippen LogP contribution in [0.5, 0.6) is 5.75 Å². The maximum absolute atomic E-state index is 13.0. The molecule has 7 heteroatoms. The summed E-state index contributed by atoms with van der Waals surface area (Å²) in [4.78, 5) is 25.0. The molecule has 6 nitrogen and oxygen atoms in total. The maximum Gasteiger partial charge on any atom is 0.344 e. The van der Waals surface area contributed by atoms with Gasteiger partial charge in [-0.15, -0.1) is 0 Å². The van der Waals surface area contributed by atoms with E-state index in [1.807, 2.05) is 30.3 Å². The lowest BCUT2D eigenvalue weighted by atomic mass is 10.2. The molecule has 0 atom stereocenters. The lowest BCUT2D eigenvalue weighted by molar-refractivity contribution is -0.147. The lowest BCUT2D eigenvalue weighted by Gasteiger charge is -2.10. The molecule has 0 N–H and O–H groups in total. The Morgan fingerprint density at radius 2 is 1.86 bits per heavy atom. The van der Waals surface area contributed by atoms with Crippen LogP contribution in [0.3, 0.4) is 0 Å². The highest BCUT2D eigenvalue weighted by molar-refractivity contribution is 6.31. The van der Waals surface area contributed by atoms with E-state index in [9.17, 15) is 9.59 Å². The molecule has 0 saturated heterocycles. The summed E-state index contributed by atoms with van der Waals surface area (Å²) in [6.07, 6.45) is 1.44. The summed E-state index contributed by atoms with van der Waals surface area (Å²) >= 11 is 6.00. The Balaban J connectivity index is 1.60. The molecule has 146 valence electrons. The minimum Gasteiger partial charge on any atom is -0.474 e. The number of hydrogen-bond donors (Lipinski definition) is 0. The Hall–Kier alpha value is -3.51. The van der Waals surface area contributed by atoms with E-state index in [1.165, 1.54) is 12.3 Å². The van der Waals surface area contributed by atoms with Crippen molar-refractivity contribution >= 4 is 28.5 Å². The molecule has 0 aliphatic heterocycles. The van der Waals surface area contributed by atoms with Crippen LogP contribution in [0.4, 0.5) is 0 Å². The first kappa shape index (κ1) is 18.8. The molecule has 0 unspecified atom stereocenters. The molecule has 0 spiro atoms. The molecular weight excluding hydrogens is 396 g/mol. The molecule has 0 aliphatic carbocycles. The monoisotopic (exact) mass is 410 g/mol. The third-order valence-corrected chi connectivity index (χ3v) is 4.37. The fraction of sp³-hybridized carbons (Fsp3) is 0.0909. The number of benzene rings is 2. The average molecular weight is 411 g/mol. The number of carbonyl (C=O) groups is 1. The molecular formula is C22H15ClO6. The van der Waals surface area contributed by atoms with Crippen LogP contribution in [0.15, 0.2) is 80.6 Å². The van der Waals surface area contributed by atoms with Gasteiger partial charge in [-0.3, -0.25) is 4.79 Å². The van der Waals surface area contributed by atoms with Gasteiger partial charge < -0.3 is 18.3 Å². The van der Waals surface area contributed by atoms with E-state index in [4.69, 9.17) is 29.9 Å². The number of rotatable bonds is 6. The minimum absolute atomic E-state index is 0.0886. The molecule has 0 amide bonds. The number of esters is 1. The Morgan fingerprint density at radius 1 is 1.03 bits per heavy atom. The van der Waals surface area contributed by atoms with Crippen molar-refractivity contribution in [2.45, 2.75) is 6.61 Å². The molecule has 0 bridgehead atoms. The molecule has 0 saturated carbocycles. The van der Waals surface area contributed by atoms with Gasteiger partial charge >= 0.3 is 5.97 Å². The Morgan fingerprint density at radius 3 is 2.62 bits per heavy atom. The lowest BCUT2D eigenvalue weighted by Crippen LogP contribution is -2.18. The largest absolute Gasteiger partial charge is 0.474 e. The number of furan rings is 1. The van der Waals surface area contributed by atoms with Gasteiger partial charge in [0.2, 0.25) is 16.9 Å². The summed E-state index contributed by atoms with van der Waals surface area (Å²) in [5, 5.41) is 0.615. The van der Waals surface area contributed by atoms with E-state index < -0.39 is 18.0 Å². The second-order valence-corrected chi connectivity index (χ2v) is 6.58. The summed E-state index contributed by atoms with van der Waals surface area (Å²) < 4.78 is 21.8. The van der Waals surface area contributed by atoms with Gasteiger partial charge in [0.25, 0.3) is 0 Å². The smallest absolute Gasteiger partial charge is 0.344 e. The second kappa shape index (κ2) is 8.24. The van der Waals surface area contributed by atoms with Crippen molar-refractivity contribution in [3.8, 4) is 17.3 Å². The van der Waals surface area contributed by atoms with Gasteiger partial charge in [0, 0.05) is 5.02 Å². The highest BCUT2D eigenvalue weighted by Gasteiger charge is 2.21. The topological polar surface area (TPSA) is 78.9 Å². The molecule has 2 aromatic carbocycles. The second-order valence-electron chi connectivity index (χ2n) is 6.14. The van der Waals surface area contributed by atoms with Crippen molar-refractivity contribution in [2.75, 3.05) is 6.61 Å². The fourth-order valence-corrected chi connectivity index (χ4v) is 2.93. The number of ether oxygens (including phenoxy) is 2. The number of fused-ring (bicyclic) bond motifs is 1. The predicted molar refractivity (Wildman–Crippen MR) is 107 cm³/mol. The van der Waals surface area contributed by atoms with E-state index >= 15 is 0 Å². The predicted octanol–water partition coefficient (Wildman–Crippen LogP) is 4.83. The Labute approximate surface area is 170 Å². The highest BCUT2D eigenvalue weighted by atomic mass is 35.5. The van der Waals surface area contributed by atoms with Crippen LogP contribution in [0.1, 0.15) is 5.56 Å². The normalized spacial score (nSPS) is 10.8. The number of carbonyl (C=O) groups excluding carboxylic acids is 1. The van der Waals surface area contributed by atoms with Crippen molar-refractivity contribution < 1.29 is 23.1 Å². The quantitative estimate of drug-likeness (QED) is 0.424. The molecule has 4 aromatic rings. The summed E-state index contributed by atoms with van der Waals surface area (Å²) in [6.45, 7) is -0.354. The Bertz CT molecular complexity index is 1200. The van der Waals surface area contributed by atoms with Gasteiger partial charge in [0.1, 0.15) is 12.2 Å². The summed E-state index contributed by atoms with van der Waals surface area (Å²) in [6, 6.07) is 17.2. The van der Waals surface area contributed by atoms with Gasteiger partial charge in [-0.05, 0) is 35.9 Å². The third-order valence-electron chi connectivity index (χ3n) is 4.13. The summed E-state index contributed by atoms with van der Waals surface area (Å²) in [5.41, 5.74) is 0.706. The molecule has 0 fully saturated rings. The zero-order valence-electron chi connectivity index (χ0n) is 15.1. The van der Waals surface area contributed by atoms with Crippen LogP contribution in [0.25, 0.3) is 22.5 Å². The van der Waals surface area contributed by atoms with E-state index in [0.29, 0.717) is 16.4 Å². The van der Waals surface area contributed by atoms with E-state index in [-0.39, 0.29) is 23.5 Å². The molecule has 0 aliphatic rings. The van der Waals surface area contributed by atoms with E-state index in [0.717, 1.165) is 5.56 Å². The molecule has 0 radical (unpaired) electrons. The zero-order chi connectivity index (χ0) is 20.2. The van der Waals surface area contributed by atoms with Gasteiger partial charge in [0.05, 0.1) is 11.6 Å². The fourth-order valence-electron chi connectivity index (χ4n) is 2.76. The van der Waals surface area contributed by atoms with Gasteiger partial charge in [-0.2, -0.15) is 0 Å². The van der Waals surface area contributed by atoms with Crippen LogP contribution < -0.4 is 10.2 Å². The standard InChI is InChI=1S/C22H15ClO6/c23-15-8-9-17-16(11-15)20(25)22(21(29-17)18-7-4-10-26-18)28-13-19(24)27-12-14-5-2-1-3-6-14/h1-11H,12-13H2. The molecule has 29 heavy (non-hydrogen) atoms. The number of hydrogen-bond acceptors (Lipinski definition) is 6.